The van der Waals surface area contributed by atoms with Crippen LogP contribution in [0.25, 0.3) is 6.08 Å². The van der Waals surface area contributed by atoms with Gasteiger partial charge in [-0.25, -0.2) is 0 Å². The minimum atomic E-state index is -0.338. The quantitative estimate of drug-likeness (QED) is 0.468. The van der Waals surface area contributed by atoms with Crippen molar-refractivity contribution in [2.24, 2.45) is 0 Å². The lowest BCUT2D eigenvalue weighted by molar-refractivity contribution is -0.134. The Morgan fingerprint density at radius 1 is 1.08 bits per heavy atom. The summed E-state index contributed by atoms with van der Waals surface area (Å²) < 4.78 is 16.2. The van der Waals surface area contributed by atoms with Crippen LogP contribution in [-0.4, -0.2) is 18.4 Å². The number of rotatable bonds is 5. The van der Waals surface area contributed by atoms with E-state index < -0.39 is 0 Å². The fourth-order valence-electron chi connectivity index (χ4n) is 2.41. The summed E-state index contributed by atoms with van der Waals surface area (Å²) in [6.45, 7) is 4.24. The average Bonchev–Trinajstić information content (AvgIpc) is 2.92. The molecule has 5 nitrogen and oxygen atoms in total. The van der Waals surface area contributed by atoms with Crippen LogP contribution in [0.5, 0.6) is 17.2 Å². The second-order valence-corrected chi connectivity index (χ2v) is 5.43. The van der Waals surface area contributed by atoms with Gasteiger partial charge in [-0.2, -0.15) is 0 Å². The molecule has 0 fully saturated rings. The number of allylic oxidation sites excluding steroid dienone is 1. The Morgan fingerprint density at radius 3 is 2.48 bits per heavy atom. The van der Waals surface area contributed by atoms with Gasteiger partial charge in [0, 0.05) is 12.5 Å². The van der Waals surface area contributed by atoms with Crippen molar-refractivity contribution >= 4 is 17.8 Å². The molecule has 0 bridgehead atoms. The van der Waals surface area contributed by atoms with Crippen molar-refractivity contribution in [1.82, 2.24) is 0 Å². The van der Waals surface area contributed by atoms with E-state index in [0.29, 0.717) is 23.7 Å². The van der Waals surface area contributed by atoms with Gasteiger partial charge in [-0.05, 0) is 42.8 Å². The maximum Gasteiger partial charge on any atom is 0.310 e. The van der Waals surface area contributed by atoms with E-state index in [0.717, 1.165) is 11.3 Å². The van der Waals surface area contributed by atoms with E-state index in [4.69, 9.17) is 14.2 Å². The van der Waals surface area contributed by atoms with Crippen molar-refractivity contribution in [3.05, 3.63) is 59.4 Å². The largest absolute Gasteiger partial charge is 0.494 e. The molecule has 0 unspecified atom stereocenters. The molecular formula is C20H18O5. The summed E-state index contributed by atoms with van der Waals surface area (Å²) in [4.78, 5) is 23.8. The zero-order chi connectivity index (χ0) is 17.8. The van der Waals surface area contributed by atoms with Gasteiger partial charge < -0.3 is 14.2 Å². The summed E-state index contributed by atoms with van der Waals surface area (Å²) in [5.41, 5.74) is 1.28. The van der Waals surface area contributed by atoms with Crippen LogP contribution in [0, 0.1) is 0 Å². The summed E-state index contributed by atoms with van der Waals surface area (Å²) in [6, 6.07) is 12.1. The van der Waals surface area contributed by atoms with E-state index in [1.807, 2.05) is 31.2 Å². The van der Waals surface area contributed by atoms with E-state index >= 15 is 0 Å². The number of hydrogen-bond acceptors (Lipinski definition) is 5. The molecule has 0 aromatic heterocycles. The Bertz CT molecular complexity index is 834. The molecular weight excluding hydrogens is 320 g/mol. The molecule has 0 saturated heterocycles. The first-order valence-electron chi connectivity index (χ1n) is 8.12. The summed E-state index contributed by atoms with van der Waals surface area (Å²) in [7, 11) is 0. The topological polar surface area (TPSA) is 61.8 Å². The second kappa shape index (κ2) is 7.21. The van der Waals surface area contributed by atoms with Gasteiger partial charge in [0.2, 0.25) is 5.78 Å². The summed E-state index contributed by atoms with van der Waals surface area (Å²) in [5.74, 6) is 1.23. The zero-order valence-electron chi connectivity index (χ0n) is 14.1. The van der Waals surface area contributed by atoms with Crippen LogP contribution >= 0.6 is 0 Å². The molecule has 25 heavy (non-hydrogen) atoms. The molecule has 2 aromatic rings. The van der Waals surface area contributed by atoms with Crippen molar-refractivity contribution in [2.75, 3.05) is 6.61 Å². The van der Waals surface area contributed by atoms with Gasteiger partial charge in [-0.3, -0.25) is 9.59 Å². The Kier molecular flexibility index (Phi) is 4.84. The van der Waals surface area contributed by atoms with Gasteiger partial charge in [-0.1, -0.05) is 19.1 Å². The van der Waals surface area contributed by atoms with Crippen LogP contribution in [0.4, 0.5) is 0 Å². The van der Waals surface area contributed by atoms with Gasteiger partial charge >= 0.3 is 5.97 Å². The number of Topliss-reactive ketones (excluding diaryl/α,β-unsaturated/α-hetero) is 1. The number of ketones is 1. The number of ether oxygens (including phenoxy) is 3. The van der Waals surface area contributed by atoms with Crippen molar-refractivity contribution in [3.8, 4) is 17.2 Å². The van der Waals surface area contributed by atoms with Crippen molar-refractivity contribution < 1.29 is 23.8 Å². The highest BCUT2D eigenvalue weighted by Gasteiger charge is 2.27. The number of carbonyl (C=O) groups is 2. The van der Waals surface area contributed by atoms with E-state index in [-0.39, 0.29) is 23.9 Å². The highest BCUT2D eigenvalue weighted by molar-refractivity contribution is 6.14. The smallest absolute Gasteiger partial charge is 0.310 e. The van der Waals surface area contributed by atoms with Gasteiger partial charge in [0.25, 0.3) is 0 Å². The maximum absolute atomic E-state index is 12.4. The fraction of sp³-hybridized carbons (Fsp3) is 0.200. The first-order chi connectivity index (χ1) is 12.1. The molecule has 0 spiro atoms. The maximum atomic E-state index is 12.4. The summed E-state index contributed by atoms with van der Waals surface area (Å²) in [5, 5.41) is 0. The minimum absolute atomic E-state index is 0.197. The molecule has 5 heteroatoms. The molecule has 1 aliphatic heterocycles. The molecule has 0 radical (unpaired) electrons. The Labute approximate surface area is 145 Å². The fourth-order valence-corrected chi connectivity index (χ4v) is 2.41. The van der Waals surface area contributed by atoms with E-state index in [9.17, 15) is 9.59 Å². The molecule has 0 atom stereocenters. The Balaban J connectivity index is 1.80. The first-order valence-corrected chi connectivity index (χ1v) is 8.12. The van der Waals surface area contributed by atoms with Crippen LogP contribution in [0.2, 0.25) is 0 Å². The van der Waals surface area contributed by atoms with Crippen molar-refractivity contribution in [1.29, 1.82) is 0 Å². The molecule has 128 valence electrons. The molecule has 0 N–H and O–H groups in total. The molecule has 0 saturated carbocycles. The van der Waals surface area contributed by atoms with Gasteiger partial charge in [0.1, 0.15) is 17.2 Å². The van der Waals surface area contributed by atoms with Crippen LogP contribution in [-0.2, 0) is 4.79 Å². The van der Waals surface area contributed by atoms with Gasteiger partial charge in [0.05, 0.1) is 12.2 Å². The van der Waals surface area contributed by atoms with Crippen molar-refractivity contribution in [2.45, 2.75) is 20.3 Å². The summed E-state index contributed by atoms with van der Waals surface area (Å²) >= 11 is 0. The SMILES string of the molecule is CCOc1ccc(/C=C2\Oc3cc(OC(=O)CC)ccc3C2=O)cc1. The lowest BCUT2D eigenvalue weighted by Crippen LogP contribution is -2.05. The molecule has 3 rings (SSSR count). The molecule has 1 aliphatic rings. The highest BCUT2D eigenvalue weighted by atomic mass is 16.5. The molecule has 2 aromatic carbocycles. The predicted octanol–water partition coefficient (Wildman–Crippen LogP) is 4.02. The molecule has 1 heterocycles. The molecule has 0 amide bonds. The Morgan fingerprint density at radius 2 is 1.80 bits per heavy atom. The van der Waals surface area contributed by atoms with Gasteiger partial charge in [0.15, 0.2) is 5.76 Å². The summed E-state index contributed by atoms with van der Waals surface area (Å²) in [6.07, 6.45) is 1.95. The lowest BCUT2D eigenvalue weighted by Gasteiger charge is -2.04. The van der Waals surface area contributed by atoms with Crippen molar-refractivity contribution in [3.63, 3.8) is 0 Å². The third kappa shape index (κ3) is 3.71. The zero-order valence-corrected chi connectivity index (χ0v) is 14.1. The van der Waals surface area contributed by atoms with Crippen LogP contribution < -0.4 is 14.2 Å². The van der Waals surface area contributed by atoms with E-state index in [1.165, 1.54) is 0 Å². The monoisotopic (exact) mass is 338 g/mol. The predicted molar refractivity (Wildman–Crippen MR) is 92.9 cm³/mol. The Hall–Kier alpha value is -3.08. The average molecular weight is 338 g/mol. The number of esters is 1. The van der Waals surface area contributed by atoms with Gasteiger partial charge in [-0.15, -0.1) is 0 Å². The van der Waals surface area contributed by atoms with E-state index in [1.54, 1.807) is 31.2 Å². The van der Waals surface area contributed by atoms with Crippen LogP contribution in [0.1, 0.15) is 36.2 Å². The van der Waals surface area contributed by atoms with E-state index in [2.05, 4.69) is 0 Å². The third-order valence-electron chi connectivity index (χ3n) is 3.65. The molecule has 0 aliphatic carbocycles. The second-order valence-electron chi connectivity index (χ2n) is 5.43. The normalized spacial score (nSPS) is 14.2. The number of hydrogen-bond donors (Lipinski definition) is 0. The first kappa shape index (κ1) is 16.8. The minimum Gasteiger partial charge on any atom is -0.494 e. The highest BCUT2D eigenvalue weighted by Crippen LogP contribution is 2.35. The van der Waals surface area contributed by atoms with Crippen LogP contribution in [0.3, 0.4) is 0 Å². The lowest BCUT2D eigenvalue weighted by atomic mass is 10.1. The van der Waals surface area contributed by atoms with Crippen LogP contribution in [0.15, 0.2) is 48.2 Å². The third-order valence-corrected chi connectivity index (χ3v) is 3.65. The number of carbonyl (C=O) groups excluding carboxylic acids is 2. The number of benzene rings is 2. The standard InChI is InChI=1S/C20H18O5/c1-3-19(21)24-15-9-10-16-17(12-15)25-18(20(16)22)11-13-5-7-14(8-6-13)23-4-2/h5-12H,3-4H2,1-2H3/b18-11-. The number of fused-ring (bicyclic) bond motifs is 1.